The number of fused-ring (bicyclic) bond motifs is 1. The molecule has 0 saturated carbocycles. The second-order valence-corrected chi connectivity index (χ2v) is 5.98. The third-order valence-corrected chi connectivity index (χ3v) is 4.50. The van der Waals surface area contributed by atoms with E-state index in [9.17, 15) is 0 Å². The molecule has 0 aliphatic heterocycles. The standard InChI is InChI=1S/C13H10BrN5OS/c14-8-4-3-5-9(11(8)12(15)18-20)21-13-17-16-10-6-1-2-7-19(10)13/h1-7,20H,(H2,15,18). The van der Waals surface area contributed by atoms with E-state index in [0.29, 0.717) is 10.7 Å². The Bertz CT molecular complexity index is 832. The lowest BCUT2D eigenvalue weighted by molar-refractivity contribution is 0.318. The first-order valence-electron chi connectivity index (χ1n) is 5.94. The predicted octanol–water partition coefficient (Wildman–Crippen LogP) is 2.74. The molecule has 3 rings (SSSR count). The molecule has 0 fully saturated rings. The average Bonchev–Trinajstić information content (AvgIpc) is 2.90. The number of nitrogens with two attached hydrogens (primary N) is 1. The average molecular weight is 364 g/mol. The van der Waals surface area contributed by atoms with E-state index in [-0.39, 0.29) is 5.84 Å². The van der Waals surface area contributed by atoms with Gasteiger partial charge in [0.25, 0.3) is 0 Å². The van der Waals surface area contributed by atoms with Gasteiger partial charge in [-0.1, -0.05) is 17.3 Å². The molecule has 0 radical (unpaired) electrons. The summed E-state index contributed by atoms with van der Waals surface area (Å²) in [5.41, 5.74) is 7.14. The highest BCUT2D eigenvalue weighted by Gasteiger charge is 2.15. The smallest absolute Gasteiger partial charge is 0.200 e. The molecule has 6 nitrogen and oxygen atoms in total. The van der Waals surface area contributed by atoms with Gasteiger partial charge in [-0.3, -0.25) is 4.40 Å². The van der Waals surface area contributed by atoms with Gasteiger partial charge in [0.2, 0.25) is 0 Å². The Morgan fingerprint density at radius 1 is 1.24 bits per heavy atom. The van der Waals surface area contributed by atoms with Crippen LogP contribution in [0, 0.1) is 0 Å². The minimum Gasteiger partial charge on any atom is -0.409 e. The quantitative estimate of drug-likeness (QED) is 0.323. The molecule has 3 N–H and O–H groups in total. The molecule has 0 atom stereocenters. The number of hydrogen-bond donors (Lipinski definition) is 2. The van der Waals surface area contributed by atoms with Crippen molar-refractivity contribution in [1.82, 2.24) is 14.6 Å². The SMILES string of the molecule is N/C(=N/O)c1c(Br)cccc1Sc1nnc2ccccn12. The molecule has 21 heavy (non-hydrogen) atoms. The normalized spacial score (nSPS) is 12.0. The van der Waals surface area contributed by atoms with Crippen molar-refractivity contribution in [2.24, 2.45) is 10.9 Å². The van der Waals surface area contributed by atoms with Gasteiger partial charge in [0, 0.05) is 21.1 Å². The second-order valence-electron chi connectivity index (χ2n) is 4.11. The number of nitrogens with zero attached hydrogens (tertiary/aromatic N) is 4. The lowest BCUT2D eigenvalue weighted by atomic mass is 10.2. The summed E-state index contributed by atoms with van der Waals surface area (Å²) in [6, 6.07) is 11.3. The lowest BCUT2D eigenvalue weighted by Crippen LogP contribution is -2.15. The van der Waals surface area contributed by atoms with Crippen LogP contribution in [0.3, 0.4) is 0 Å². The monoisotopic (exact) mass is 363 g/mol. The Hall–Kier alpha value is -2.06. The number of benzene rings is 1. The molecule has 8 heteroatoms. The largest absolute Gasteiger partial charge is 0.409 e. The first-order valence-corrected chi connectivity index (χ1v) is 7.55. The molecule has 3 aromatic rings. The van der Waals surface area contributed by atoms with Gasteiger partial charge in [-0.2, -0.15) is 0 Å². The maximum absolute atomic E-state index is 8.93. The number of halogens is 1. The van der Waals surface area contributed by atoms with E-state index >= 15 is 0 Å². The summed E-state index contributed by atoms with van der Waals surface area (Å²) in [7, 11) is 0. The Balaban J connectivity index is 2.08. The minimum atomic E-state index is 0.0406. The van der Waals surface area contributed by atoms with Crippen molar-refractivity contribution < 1.29 is 5.21 Å². The Morgan fingerprint density at radius 3 is 2.90 bits per heavy atom. The third kappa shape index (κ3) is 2.59. The van der Waals surface area contributed by atoms with Crippen LogP contribution in [0.15, 0.2) is 62.3 Å². The van der Waals surface area contributed by atoms with Gasteiger partial charge in [0.1, 0.15) is 0 Å². The van der Waals surface area contributed by atoms with Crippen LogP contribution < -0.4 is 5.73 Å². The first-order chi connectivity index (χ1) is 10.2. The van der Waals surface area contributed by atoms with E-state index in [1.807, 2.05) is 47.0 Å². The van der Waals surface area contributed by atoms with Crippen LogP contribution in [0.1, 0.15) is 5.56 Å². The van der Waals surface area contributed by atoms with Gasteiger partial charge in [-0.15, -0.1) is 10.2 Å². The van der Waals surface area contributed by atoms with E-state index in [2.05, 4.69) is 31.3 Å². The van der Waals surface area contributed by atoms with Gasteiger partial charge in [0.05, 0.1) is 0 Å². The van der Waals surface area contributed by atoms with Gasteiger partial charge >= 0.3 is 0 Å². The Morgan fingerprint density at radius 2 is 2.10 bits per heavy atom. The van der Waals surface area contributed by atoms with Crippen molar-refractivity contribution >= 4 is 39.2 Å². The molecular formula is C13H10BrN5OS. The van der Waals surface area contributed by atoms with E-state index in [4.69, 9.17) is 10.9 Å². The number of pyridine rings is 1. The number of aromatic nitrogens is 3. The molecule has 0 spiro atoms. The molecule has 0 saturated heterocycles. The maximum Gasteiger partial charge on any atom is 0.200 e. The molecule has 0 amide bonds. The van der Waals surface area contributed by atoms with E-state index in [1.54, 1.807) is 0 Å². The summed E-state index contributed by atoms with van der Waals surface area (Å²) in [4.78, 5) is 0.817. The fourth-order valence-electron chi connectivity index (χ4n) is 1.88. The number of hydrogen-bond acceptors (Lipinski definition) is 5. The number of rotatable bonds is 3. The molecular weight excluding hydrogens is 354 g/mol. The van der Waals surface area contributed by atoms with Crippen molar-refractivity contribution in [3.05, 3.63) is 52.6 Å². The van der Waals surface area contributed by atoms with Gasteiger partial charge in [-0.25, -0.2) is 0 Å². The highest BCUT2D eigenvalue weighted by atomic mass is 79.9. The van der Waals surface area contributed by atoms with Crippen LogP contribution >= 0.6 is 27.7 Å². The van der Waals surface area contributed by atoms with Crippen molar-refractivity contribution in [3.8, 4) is 0 Å². The minimum absolute atomic E-state index is 0.0406. The second kappa shape index (κ2) is 5.74. The molecule has 0 bridgehead atoms. The highest BCUT2D eigenvalue weighted by molar-refractivity contribution is 9.10. The highest BCUT2D eigenvalue weighted by Crippen LogP contribution is 2.33. The Kier molecular flexibility index (Phi) is 3.80. The van der Waals surface area contributed by atoms with Crippen LogP contribution in [0.25, 0.3) is 5.65 Å². The van der Waals surface area contributed by atoms with Crippen molar-refractivity contribution in [2.75, 3.05) is 0 Å². The van der Waals surface area contributed by atoms with Gasteiger partial charge in [0.15, 0.2) is 16.6 Å². The maximum atomic E-state index is 8.93. The van der Waals surface area contributed by atoms with Crippen molar-refractivity contribution in [2.45, 2.75) is 10.1 Å². The van der Waals surface area contributed by atoms with Crippen LogP contribution in [0.4, 0.5) is 0 Å². The fourth-order valence-corrected chi connectivity index (χ4v) is 3.57. The molecule has 0 unspecified atom stereocenters. The summed E-state index contributed by atoms with van der Waals surface area (Å²) in [6.07, 6.45) is 1.89. The summed E-state index contributed by atoms with van der Waals surface area (Å²) in [5, 5.41) is 21.0. The third-order valence-electron chi connectivity index (χ3n) is 2.82. The van der Waals surface area contributed by atoms with Crippen LogP contribution in [-0.2, 0) is 0 Å². The van der Waals surface area contributed by atoms with Crippen molar-refractivity contribution in [1.29, 1.82) is 0 Å². The summed E-state index contributed by atoms with van der Waals surface area (Å²) >= 11 is 4.81. The van der Waals surface area contributed by atoms with Crippen LogP contribution in [0.2, 0.25) is 0 Å². The molecule has 1 aromatic carbocycles. The zero-order valence-electron chi connectivity index (χ0n) is 10.6. The van der Waals surface area contributed by atoms with E-state index in [0.717, 1.165) is 15.0 Å². The summed E-state index contributed by atoms with van der Waals surface area (Å²) < 4.78 is 2.62. The first kappa shape index (κ1) is 13.9. The summed E-state index contributed by atoms with van der Waals surface area (Å²) in [6.45, 7) is 0. The fraction of sp³-hybridized carbons (Fsp3) is 0. The zero-order valence-corrected chi connectivity index (χ0v) is 13.0. The predicted molar refractivity (Wildman–Crippen MR) is 83.8 cm³/mol. The zero-order chi connectivity index (χ0) is 14.8. The summed E-state index contributed by atoms with van der Waals surface area (Å²) in [5.74, 6) is 0.0406. The molecule has 2 aromatic heterocycles. The Labute approximate surface area is 132 Å². The van der Waals surface area contributed by atoms with Gasteiger partial charge < -0.3 is 10.9 Å². The molecule has 0 aliphatic rings. The van der Waals surface area contributed by atoms with E-state index < -0.39 is 0 Å². The van der Waals surface area contributed by atoms with Gasteiger partial charge in [-0.05, 0) is 52.0 Å². The molecule has 2 heterocycles. The topological polar surface area (TPSA) is 88.8 Å². The number of amidine groups is 1. The molecule has 106 valence electrons. The van der Waals surface area contributed by atoms with Crippen LogP contribution in [0.5, 0.6) is 0 Å². The van der Waals surface area contributed by atoms with Crippen LogP contribution in [-0.4, -0.2) is 25.6 Å². The van der Waals surface area contributed by atoms with E-state index in [1.165, 1.54) is 11.8 Å². The number of oxime groups is 1. The molecule has 0 aliphatic carbocycles. The lowest BCUT2D eigenvalue weighted by Gasteiger charge is -2.08. The van der Waals surface area contributed by atoms with Crippen molar-refractivity contribution in [3.63, 3.8) is 0 Å².